The summed E-state index contributed by atoms with van der Waals surface area (Å²) in [6, 6.07) is 17.9. The molecule has 1 aliphatic heterocycles. The van der Waals surface area contributed by atoms with E-state index in [1.807, 2.05) is 42.5 Å². The third-order valence-electron chi connectivity index (χ3n) is 5.13. The molecule has 1 fully saturated rings. The molecule has 142 valence electrons. The average molecular weight is 367 g/mol. The molecular formula is C22H25NO4. The molecule has 2 atom stereocenters. The van der Waals surface area contributed by atoms with Gasteiger partial charge in [0.15, 0.2) is 0 Å². The average Bonchev–Trinajstić information content (AvgIpc) is 2.72. The first kappa shape index (κ1) is 19.0. The zero-order valence-corrected chi connectivity index (χ0v) is 15.8. The molecule has 0 aromatic heterocycles. The van der Waals surface area contributed by atoms with Crippen LogP contribution in [-0.2, 0) is 20.7 Å². The predicted molar refractivity (Wildman–Crippen MR) is 102 cm³/mol. The Morgan fingerprint density at radius 1 is 1.04 bits per heavy atom. The van der Waals surface area contributed by atoms with Crippen molar-refractivity contribution >= 4 is 11.9 Å². The van der Waals surface area contributed by atoms with Crippen molar-refractivity contribution in [1.29, 1.82) is 0 Å². The molecule has 0 bridgehead atoms. The number of benzene rings is 2. The summed E-state index contributed by atoms with van der Waals surface area (Å²) in [5.41, 5.74) is 2.29. The SMILES string of the molecule is COC(=O)CN1C(=O)[C@H](CCCc2ccccc2)[C@H]1c1ccc(OC)cc1. The highest BCUT2D eigenvalue weighted by Gasteiger charge is 2.48. The fourth-order valence-electron chi connectivity index (χ4n) is 3.67. The minimum atomic E-state index is -0.399. The maximum Gasteiger partial charge on any atom is 0.325 e. The van der Waals surface area contributed by atoms with Gasteiger partial charge < -0.3 is 14.4 Å². The lowest BCUT2D eigenvalue weighted by molar-refractivity contribution is -0.165. The monoisotopic (exact) mass is 367 g/mol. The Kier molecular flexibility index (Phi) is 6.12. The molecule has 27 heavy (non-hydrogen) atoms. The van der Waals surface area contributed by atoms with Crippen molar-refractivity contribution in [3.05, 3.63) is 65.7 Å². The van der Waals surface area contributed by atoms with Crippen LogP contribution < -0.4 is 4.74 Å². The number of hydrogen-bond donors (Lipinski definition) is 0. The fourth-order valence-corrected chi connectivity index (χ4v) is 3.67. The van der Waals surface area contributed by atoms with Gasteiger partial charge in [-0.3, -0.25) is 9.59 Å². The van der Waals surface area contributed by atoms with Crippen molar-refractivity contribution in [2.24, 2.45) is 5.92 Å². The fraction of sp³-hybridized carbons (Fsp3) is 0.364. The molecule has 0 N–H and O–H groups in total. The summed E-state index contributed by atoms with van der Waals surface area (Å²) in [5.74, 6) is 0.287. The number of amides is 1. The van der Waals surface area contributed by atoms with E-state index in [2.05, 4.69) is 12.1 Å². The second-order valence-corrected chi connectivity index (χ2v) is 6.74. The minimum Gasteiger partial charge on any atom is -0.497 e. The molecule has 0 spiro atoms. The smallest absolute Gasteiger partial charge is 0.325 e. The summed E-state index contributed by atoms with van der Waals surface area (Å²) >= 11 is 0. The van der Waals surface area contributed by atoms with Gasteiger partial charge in [-0.1, -0.05) is 42.5 Å². The Morgan fingerprint density at radius 2 is 1.74 bits per heavy atom. The second kappa shape index (κ2) is 8.71. The molecular weight excluding hydrogens is 342 g/mol. The summed E-state index contributed by atoms with van der Waals surface area (Å²) in [4.78, 5) is 26.0. The number of β-lactam (4-membered cyclic amide) rings is 1. The molecule has 0 saturated carbocycles. The van der Waals surface area contributed by atoms with Crippen LogP contribution in [0, 0.1) is 5.92 Å². The van der Waals surface area contributed by atoms with Crippen LogP contribution in [0.5, 0.6) is 5.75 Å². The molecule has 0 aliphatic carbocycles. The molecule has 1 amide bonds. The standard InChI is InChI=1S/C22H25NO4/c1-26-18-13-11-17(12-14-18)21-19(22(25)23(21)15-20(24)27-2)10-6-9-16-7-4-3-5-8-16/h3-5,7-8,11-14,19,21H,6,9-10,15H2,1-2H3/t19-,21-/m1/s1. The minimum absolute atomic E-state index is 0.0127. The number of likely N-dealkylation sites (tertiary alicyclic amines) is 1. The number of carbonyl (C=O) groups excluding carboxylic acids is 2. The Balaban J connectivity index is 1.70. The Morgan fingerprint density at radius 3 is 2.37 bits per heavy atom. The van der Waals surface area contributed by atoms with Crippen molar-refractivity contribution < 1.29 is 19.1 Å². The summed E-state index contributed by atoms with van der Waals surface area (Å²) in [6.45, 7) is -0.0127. The van der Waals surface area contributed by atoms with Crippen molar-refractivity contribution in [2.75, 3.05) is 20.8 Å². The van der Waals surface area contributed by atoms with E-state index in [1.165, 1.54) is 12.7 Å². The van der Waals surface area contributed by atoms with E-state index in [0.717, 1.165) is 30.6 Å². The van der Waals surface area contributed by atoms with E-state index in [4.69, 9.17) is 9.47 Å². The molecule has 1 aliphatic rings. The molecule has 1 saturated heterocycles. The van der Waals surface area contributed by atoms with Gasteiger partial charge in [-0.25, -0.2) is 0 Å². The van der Waals surface area contributed by atoms with E-state index in [-0.39, 0.29) is 24.4 Å². The van der Waals surface area contributed by atoms with Gasteiger partial charge in [-0.15, -0.1) is 0 Å². The van der Waals surface area contributed by atoms with Gasteiger partial charge in [0.25, 0.3) is 0 Å². The van der Waals surface area contributed by atoms with Crippen molar-refractivity contribution in [3.8, 4) is 5.75 Å². The van der Waals surface area contributed by atoms with Gasteiger partial charge in [0.05, 0.1) is 26.2 Å². The zero-order chi connectivity index (χ0) is 19.2. The highest BCUT2D eigenvalue weighted by molar-refractivity contribution is 5.90. The molecule has 5 nitrogen and oxygen atoms in total. The first-order chi connectivity index (χ1) is 13.1. The molecule has 2 aromatic rings. The molecule has 1 heterocycles. The van der Waals surface area contributed by atoms with Crippen LogP contribution >= 0.6 is 0 Å². The lowest BCUT2D eigenvalue weighted by Gasteiger charge is -2.47. The second-order valence-electron chi connectivity index (χ2n) is 6.74. The largest absolute Gasteiger partial charge is 0.497 e. The third-order valence-corrected chi connectivity index (χ3v) is 5.13. The van der Waals surface area contributed by atoms with E-state index >= 15 is 0 Å². The highest BCUT2D eigenvalue weighted by Crippen LogP contribution is 2.43. The van der Waals surface area contributed by atoms with Gasteiger partial charge in [-0.05, 0) is 42.5 Å². The normalized spacial score (nSPS) is 18.7. The van der Waals surface area contributed by atoms with Crippen LogP contribution in [0.3, 0.4) is 0 Å². The first-order valence-electron chi connectivity index (χ1n) is 9.19. The van der Waals surface area contributed by atoms with Crippen molar-refractivity contribution in [2.45, 2.75) is 25.3 Å². The Hall–Kier alpha value is -2.82. The molecule has 0 unspecified atom stereocenters. The van der Waals surface area contributed by atoms with Crippen LogP contribution in [0.4, 0.5) is 0 Å². The lowest BCUT2D eigenvalue weighted by atomic mass is 9.79. The number of ether oxygens (including phenoxy) is 2. The van der Waals surface area contributed by atoms with E-state index in [1.54, 1.807) is 12.0 Å². The summed E-state index contributed by atoms with van der Waals surface area (Å²) in [7, 11) is 2.96. The van der Waals surface area contributed by atoms with Gasteiger partial charge in [-0.2, -0.15) is 0 Å². The Bertz CT molecular complexity index is 773. The highest BCUT2D eigenvalue weighted by atomic mass is 16.5. The van der Waals surface area contributed by atoms with Gasteiger partial charge in [0, 0.05) is 0 Å². The topological polar surface area (TPSA) is 55.8 Å². The number of hydrogen-bond acceptors (Lipinski definition) is 4. The van der Waals surface area contributed by atoms with E-state index < -0.39 is 5.97 Å². The van der Waals surface area contributed by atoms with Gasteiger partial charge >= 0.3 is 5.97 Å². The van der Waals surface area contributed by atoms with Crippen molar-refractivity contribution in [3.63, 3.8) is 0 Å². The zero-order valence-electron chi connectivity index (χ0n) is 15.8. The van der Waals surface area contributed by atoms with Crippen LogP contribution in [0.2, 0.25) is 0 Å². The lowest BCUT2D eigenvalue weighted by Crippen LogP contribution is -2.56. The summed E-state index contributed by atoms with van der Waals surface area (Å²) in [5, 5.41) is 0. The Labute approximate surface area is 159 Å². The number of methoxy groups -OCH3 is 2. The first-order valence-corrected chi connectivity index (χ1v) is 9.19. The summed E-state index contributed by atoms with van der Waals surface area (Å²) in [6.07, 6.45) is 2.66. The van der Waals surface area contributed by atoms with Crippen LogP contribution in [0.25, 0.3) is 0 Å². The van der Waals surface area contributed by atoms with Crippen molar-refractivity contribution in [1.82, 2.24) is 4.90 Å². The number of rotatable bonds is 8. The number of nitrogens with zero attached hydrogens (tertiary/aromatic N) is 1. The maximum atomic E-state index is 12.7. The number of aryl methyl sites for hydroxylation is 1. The summed E-state index contributed by atoms with van der Waals surface area (Å²) < 4.78 is 9.96. The van der Waals surface area contributed by atoms with Crippen LogP contribution in [-0.4, -0.2) is 37.5 Å². The number of esters is 1. The molecule has 5 heteroatoms. The predicted octanol–water partition coefficient (Wildman–Crippen LogP) is 3.39. The van der Waals surface area contributed by atoms with Crippen LogP contribution in [0.15, 0.2) is 54.6 Å². The quantitative estimate of drug-likeness (QED) is 0.530. The van der Waals surface area contributed by atoms with Gasteiger partial charge in [0.1, 0.15) is 12.3 Å². The third kappa shape index (κ3) is 4.30. The van der Waals surface area contributed by atoms with Crippen LogP contribution in [0.1, 0.15) is 30.0 Å². The van der Waals surface area contributed by atoms with E-state index in [0.29, 0.717) is 0 Å². The number of carbonyl (C=O) groups is 2. The molecule has 2 aromatic carbocycles. The molecule has 0 radical (unpaired) electrons. The maximum absolute atomic E-state index is 12.7. The van der Waals surface area contributed by atoms with E-state index in [9.17, 15) is 9.59 Å². The van der Waals surface area contributed by atoms with Gasteiger partial charge in [0.2, 0.25) is 5.91 Å². The molecule has 3 rings (SSSR count).